The lowest BCUT2D eigenvalue weighted by Gasteiger charge is -2.15. The third kappa shape index (κ3) is 5.37. The number of guanidine groups is 1. The standard InChI is InChI=1S/C17H17F4N3O2.HI/c1-22-17(24-9-4-5-13(25-2)14(6-9)26-3)23-8-10-15(20)11(18)7-12(19)16(10)21;/h4-7H,8H2,1-3H3,(H2,22,23,24);1H. The van der Waals surface area contributed by atoms with Crippen LogP contribution in [0.3, 0.4) is 0 Å². The molecule has 148 valence electrons. The van der Waals surface area contributed by atoms with Crippen LogP contribution in [-0.4, -0.2) is 27.2 Å². The largest absolute Gasteiger partial charge is 0.493 e. The van der Waals surface area contributed by atoms with Gasteiger partial charge in [-0.05, 0) is 12.1 Å². The van der Waals surface area contributed by atoms with E-state index < -0.39 is 35.4 Å². The zero-order chi connectivity index (χ0) is 19.3. The fourth-order valence-electron chi connectivity index (χ4n) is 2.18. The van der Waals surface area contributed by atoms with Gasteiger partial charge < -0.3 is 20.1 Å². The van der Waals surface area contributed by atoms with Crippen molar-refractivity contribution in [2.24, 2.45) is 4.99 Å². The van der Waals surface area contributed by atoms with Crippen LogP contribution in [0.25, 0.3) is 0 Å². The van der Waals surface area contributed by atoms with E-state index in [2.05, 4.69) is 15.6 Å². The monoisotopic (exact) mass is 499 g/mol. The summed E-state index contributed by atoms with van der Waals surface area (Å²) in [5.41, 5.74) is -0.222. The molecule has 0 amide bonds. The highest BCUT2D eigenvalue weighted by atomic mass is 127. The maximum atomic E-state index is 13.7. The van der Waals surface area contributed by atoms with Crippen LogP contribution in [-0.2, 0) is 6.54 Å². The Labute approximate surface area is 170 Å². The van der Waals surface area contributed by atoms with Crippen molar-refractivity contribution in [2.45, 2.75) is 6.54 Å². The SMILES string of the molecule is CN=C(NCc1c(F)c(F)cc(F)c1F)Nc1ccc(OC)c(OC)c1.I. The summed E-state index contributed by atoms with van der Waals surface area (Å²) in [7, 11) is 4.39. The van der Waals surface area contributed by atoms with Crippen molar-refractivity contribution in [3.8, 4) is 11.5 Å². The summed E-state index contributed by atoms with van der Waals surface area (Å²) < 4.78 is 64.2. The molecular formula is C17H18F4IN3O2. The highest BCUT2D eigenvalue weighted by Gasteiger charge is 2.19. The molecule has 0 spiro atoms. The molecule has 0 unspecified atom stereocenters. The van der Waals surface area contributed by atoms with E-state index in [-0.39, 0.29) is 36.0 Å². The number of hydrogen-bond donors (Lipinski definition) is 2. The van der Waals surface area contributed by atoms with Gasteiger partial charge in [0.2, 0.25) is 0 Å². The number of hydrogen-bond acceptors (Lipinski definition) is 3. The molecular weight excluding hydrogens is 481 g/mol. The Bertz CT molecular complexity index is 808. The van der Waals surface area contributed by atoms with Crippen molar-refractivity contribution in [1.29, 1.82) is 0 Å². The lowest BCUT2D eigenvalue weighted by Crippen LogP contribution is -2.31. The van der Waals surface area contributed by atoms with Crippen molar-refractivity contribution in [3.05, 3.63) is 53.1 Å². The molecule has 0 heterocycles. The van der Waals surface area contributed by atoms with Gasteiger partial charge in [0.1, 0.15) is 0 Å². The van der Waals surface area contributed by atoms with Gasteiger partial charge in [0.15, 0.2) is 40.7 Å². The summed E-state index contributed by atoms with van der Waals surface area (Å²) in [4.78, 5) is 3.89. The Kier molecular flexibility index (Phi) is 8.60. The number of nitrogens with zero attached hydrogens (tertiary/aromatic N) is 1. The van der Waals surface area contributed by atoms with E-state index in [1.165, 1.54) is 21.3 Å². The van der Waals surface area contributed by atoms with Gasteiger partial charge in [-0.3, -0.25) is 4.99 Å². The molecule has 2 N–H and O–H groups in total. The molecule has 0 radical (unpaired) electrons. The first-order valence-corrected chi connectivity index (χ1v) is 7.42. The maximum absolute atomic E-state index is 13.7. The van der Waals surface area contributed by atoms with E-state index in [4.69, 9.17) is 9.47 Å². The van der Waals surface area contributed by atoms with Gasteiger partial charge in [-0.2, -0.15) is 0 Å². The topological polar surface area (TPSA) is 54.9 Å². The molecule has 0 aliphatic rings. The minimum atomic E-state index is -1.47. The lowest BCUT2D eigenvalue weighted by molar-refractivity contribution is 0.355. The lowest BCUT2D eigenvalue weighted by atomic mass is 10.2. The van der Waals surface area contributed by atoms with E-state index >= 15 is 0 Å². The fraction of sp³-hybridized carbons (Fsp3) is 0.235. The molecule has 2 aromatic rings. The van der Waals surface area contributed by atoms with Crippen LogP contribution >= 0.6 is 24.0 Å². The van der Waals surface area contributed by atoms with Crippen LogP contribution in [0.5, 0.6) is 11.5 Å². The number of ether oxygens (including phenoxy) is 2. The molecule has 27 heavy (non-hydrogen) atoms. The average molecular weight is 499 g/mol. The van der Waals surface area contributed by atoms with Crippen LogP contribution < -0.4 is 20.1 Å². The Morgan fingerprint density at radius 3 is 2.07 bits per heavy atom. The second-order valence-corrected chi connectivity index (χ2v) is 5.07. The zero-order valence-corrected chi connectivity index (χ0v) is 17.0. The highest BCUT2D eigenvalue weighted by molar-refractivity contribution is 14.0. The number of halogens is 5. The van der Waals surface area contributed by atoms with Crippen molar-refractivity contribution in [3.63, 3.8) is 0 Å². The molecule has 0 atom stereocenters. The average Bonchev–Trinajstić information content (AvgIpc) is 2.65. The number of aliphatic imine (C=N–C) groups is 1. The van der Waals surface area contributed by atoms with Crippen LogP contribution in [0.4, 0.5) is 23.2 Å². The molecule has 10 heteroatoms. The number of benzene rings is 2. The third-order valence-electron chi connectivity index (χ3n) is 3.51. The number of nitrogens with one attached hydrogen (secondary N) is 2. The zero-order valence-electron chi connectivity index (χ0n) is 14.7. The smallest absolute Gasteiger partial charge is 0.195 e. The van der Waals surface area contributed by atoms with E-state index in [1.54, 1.807) is 18.2 Å². The summed E-state index contributed by atoms with van der Waals surface area (Å²) in [6, 6.07) is 5.09. The third-order valence-corrected chi connectivity index (χ3v) is 3.51. The Hall–Kier alpha value is -2.24. The second kappa shape index (κ2) is 10.2. The van der Waals surface area contributed by atoms with Gasteiger partial charge in [0.05, 0.1) is 14.2 Å². The van der Waals surface area contributed by atoms with E-state index in [0.29, 0.717) is 17.2 Å². The molecule has 0 saturated heterocycles. The maximum Gasteiger partial charge on any atom is 0.195 e. The van der Waals surface area contributed by atoms with Gasteiger partial charge in [-0.1, -0.05) is 0 Å². The first-order chi connectivity index (χ1) is 12.4. The fourth-order valence-corrected chi connectivity index (χ4v) is 2.18. The number of rotatable bonds is 5. The molecule has 0 fully saturated rings. The molecule has 2 rings (SSSR count). The Morgan fingerprint density at radius 1 is 0.963 bits per heavy atom. The second-order valence-electron chi connectivity index (χ2n) is 5.07. The minimum absolute atomic E-state index is 0. The van der Waals surface area contributed by atoms with Gasteiger partial charge in [-0.15, -0.1) is 24.0 Å². The molecule has 0 bridgehead atoms. The minimum Gasteiger partial charge on any atom is -0.493 e. The Balaban J connectivity index is 0.00000364. The van der Waals surface area contributed by atoms with Crippen molar-refractivity contribution in [1.82, 2.24) is 5.32 Å². The highest BCUT2D eigenvalue weighted by Crippen LogP contribution is 2.29. The summed E-state index contributed by atoms with van der Waals surface area (Å²) in [6.07, 6.45) is 0. The van der Waals surface area contributed by atoms with Crippen LogP contribution in [0.15, 0.2) is 29.3 Å². The van der Waals surface area contributed by atoms with Crippen LogP contribution in [0, 0.1) is 23.3 Å². The summed E-state index contributed by atoms with van der Waals surface area (Å²) in [5.74, 6) is -4.76. The Morgan fingerprint density at radius 2 is 1.56 bits per heavy atom. The summed E-state index contributed by atoms with van der Waals surface area (Å²) in [6.45, 7) is -0.515. The number of anilines is 1. The van der Waals surface area contributed by atoms with Crippen molar-refractivity contribution < 1.29 is 27.0 Å². The van der Waals surface area contributed by atoms with E-state index in [0.717, 1.165) is 0 Å². The van der Waals surface area contributed by atoms with Crippen molar-refractivity contribution in [2.75, 3.05) is 26.6 Å². The van der Waals surface area contributed by atoms with Gasteiger partial charge in [0, 0.05) is 37.0 Å². The first-order valence-electron chi connectivity index (χ1n) is 7.42. The summed E-state index contributed by atoms with van der Waals surface area (Å²) in [5, 5.41) is 5.45. The van der Waals surface area contributed by atoms with Crippen LogP contribution in [0.2, 0.25) is 0 Å². The number of methoxy groups -OCH3 is 2. The van der Waals surface area contributed by atoms with Crippen LogP contribution in [0.1, 0.15) is 5.56 Å². The predicted octanol–water partition coefficient (Wildman–Crippen LogP) is 4.07. The molecule has 2 aromatic carbocycles. The molecule has 0 saturated carbocycles. The quantitative estimate of drug-likeness (QED) is 0.214. The first kappa shape index (κ1) is 22.8. The van der Waals surface area contributed by atoms with E-state index in [9.17, 15) is 17.6 Å². The van der Waals surface area contributed by atoms with E-state index in [1.807, 2.05) is 0 Å². The molecule has 0 aromatic heterocycles. The predicted molar refractivity (Wildman–Crippen MR) is 105 cm³/mol. The molecule has 0 aliphatic heterocycles. The molecule has 5 nitrogen and oxygen atoms in total. The van der Waals surface area contributed by atoms with Gasteiger partial charge in [0.25, 0.3) is 0 Å². The normalized spacial score (nSPS) is 10.9. The van der Waals surface area contributed by atoms with Gasteiger partial charge >= 0.3 is 0 Å². The summed E-state index contributed by atoms with van der Waals surface area (Å²) >= 11 is 0. The van der Waals surface area contributed by atoms with Gasteiger partial charge in [-0.25, -0.2) is 17.6 Å². The molecule has 0 aliphatic carbocycles. The van der Waals surface area contributed by atoms with Crippen molar-refractivity contribution >= 4 is 35.6 Å².